The van der Waals surface area contributed by atoms with Gasteiger partial charge >= 0.3 is 0 Å². The van der Waals surface area contributed by atoms with Crippen molar-refractivity contribution in [2.45, 2.75) is 39.7 Å². The molecule has 3 rings (SSSR count). The molecule has 1 N–H and O–H groups in total. The second-order valence-electron chi connectivity index (χ2n) is 6.01. The maximum Gasteiger partial charge on any atom is 0.246 e. The first kappa shape index (κ1) is 13.9. The Balaban J connectivity index is 1.67. The summed E-state index contributed by atoms with van der Waals surface area (Å²) in [6, 6.07) is 7.80. The maximum absolute atomic E-state index is 12.1. The maximum atomic E-state index is 12.1. The van der Waals surface area contributed by atoms with Gasteiger partial charge in [0.25, 0.3) is 0 Å². The van der Waals surface area contributed by atoms with Crippen LogP contribution in [0.1, 0.15) is 30.2 Å². The Morgan fingerprint density at radius 1 is 1.43 bits per heavy atom. The number of rotatable bonds is 3. The predicted octanol–water partition coefficient (Wildman–Crippen LogP) is 2.96. The average Bonchev–Trinajstić information content (AvgIpc) is 2.82. The molecule has 0 radical (unpaired) electrons. The van der Waals surface area contributed by atoms with Crippen molar-refractivity contribution in [1.82, 2.24) is 9.78 Å². The molecule has 0 saturated carbocycles. The summed E-state index contributed by atoms with van der Waals surface area (Å²) in [6.45, 7) is 4.53. The summed E-state index contributed by atoms with van der Waals surface area (Å²) in [7, 11) is 0. The summed E-state index contributed by atoms with van der Waals surface area (Å²) in [6.07, 6.45) is 5.33. The van der Waals surface area contributed by atoms with Crippen LogP contribution >= 0.6 is 0 Å². The zero-order chi connectivity index (χ0) is 14.8. The Morgan fingerprint density at radius 3 is 3.05 bits per heavy atom. The monoisotopic (exact) mass is 283 g/mol. The normalized spacial score (nSPS) is 17.3. The molecule has 1 aromatic heterocycles. The second-order valence-corrected chi connectivity index (χ2v) is 6.01. The number of carbonyl (C=O) groups is 1. The Kier molecular flexibility index (Phi) is 3.78. The van der Waals surface area contributed by atoms with Crippen LogP contribution in [-0.4, -0.2) is 15.7 Å². The minimum atomic E-state index is -0.0304. The molecule has 0 unspecified atom stereocenters. The van der Waals surface area contributed by atoms with Crippen molar-refractivity contribution in [2.24, 2.45) is 5.92 Å². The molecule has 0 spiro atoms. The largest absolute Gasteiger partial charge is 0.324 e. The Hall–Kier alpha value is -2.10. The molecule has 21 heavy (non-hydrogen) atoms. The van der Waals surface area contributed by atoms with Crippen molar-refractivity contribution in [2.75, 3.05) is 5.32 Å². The quantitative estimate of drug-likeness (QED) is 0.941. The number of anilines is 1. The van der Waals surface area contributed by atoms with Crippen molar-refractivity contribution in [3.63, 3.8) is 0 Å². The van der Waals surface area contributed by atoms with Gasteiger partial charge in [-0.3, -0.25) is 9.48 Å². The Morgan fingerprint density at radius 2 is 2.24 bits per heavy atom. The highest BCUT2D eigenvalue weighted by Gasteiger charge is 2.19. The fraction of sp³-hybridized carbons (Fsp3) is 0.412. The van der Waals surface area contributed by atoms with Crippen molar-refractivity contribution < 1.29 is 4.79 Å². The highest BCUT2D eigenvalue weighted by Crippen LogP contribution is 2.24. The van der Waals surface area contributed by atoms with Gasteiger partial charge in [-0.15, -0.1) is 0 Å². The van der Waals surface area contributed by atoms with E-state index in [1.165, 1.54) is 12.0 Å². The lowest BCUT2D eigenvalue weighted by molar-refractivity contribution is -0.116. The van der Waals surface area contributed by atoms with E-state index in [0.717, 1.165) is 35.7 Å². The molecule has 0 saturated heterocycles. The number of nitrogens with one attached hydrogen (secondary N) is 1. The van der Waals surface area contributed by atoms with Gasteiger partial charge in [0.15, 0.2) is 0 Å². The fourth-order valence-electron chi connectivity index (χ4n) is 2.88. The number of nitrogens with zero attached hydrogens (tertiary/aromatic N) is 2. The van der Waals surface area contributed by atoms with E-state index in [1.54, 1.807) is 4.68 Å². The molecular formula is C17H21N3O. The fourth-order valence-corrected chi connectivity index (χ4v) is 2.88. The molecule has 4 heteroatoms. The number of hydrogen-bond donors (Lipinski definition) is 1. The van der Waals surface area contributed by atoms with Crippen LogP contribution in [-0.2, 0) is 24.2 Å². The summed E-state index contributed by atoms with van der Waals surface area (Å²) in [5.41, 5.74) is 4.40. The number of fused-ring (bicyclic) bond motifs is 1. The number of hydrogen-bond acceptors (Lipinski definition) is 2. The molecule has 1 aliphatic rings. The van der Waals surface area contributed by atoms with E-state index < -0.39 is 0 Å². The highest BCUT2D eigenvalue weighted by molar-refractivity contribution is 5.91. The molecule has 110 valence electrons. The first-order valence-electron chi connectivity index (χ1n) is 7.52. The van der Waals surface area contributed by atoms with Gasteiger partial charge in [0.05, 0.1) is 5.69 Å². The van der Waals surface area contributed by atoms with Crippen LogP contribution in [0.2, 0.25) is 0 Å². The van der Waals surface area contributed by atoms with Gasteiger partial charge in [0, 0.05) is 11.9 Å². The molecule has 0 aliphatic heterocycles. The first-order valence-corrected chi connectivity index (χ1v) is 7.52. The Labute approximate surface area is 125 Å². The van der Waals surface area contributed by atoms with Gasteiger partial charge in [0.1, 0.15) is 6.54 Å². The third-order valence-corrected chi connectivity index (χ3v) is 4.09. The van der Waals surface area contributed by atoms with Crippen LogP contribution < -0.4 is 5.32 Å². The van der Waals surface area contributed by atoms with Crippen LogP contribution in [0.3, 0.4) is 0 Å². The third kappa shape index (κ3) is 3.15. The van der Waals surface area contributed by atoms with Gasteiger partial charge in [-0.05, 0) is 49.3 Å². The number of carbonyl (C=O) groups excluding carboxylic acids is 1. The summed E-state index contributed by atoms with van der Waals surface area (Å²) in [5, 5.41) is 7.49. The predicted molar refractivity (Wildman–Crippen MR) is 83.2 cm³/mol. The van der Waals surface area contributed by atoms with E-state index >= 15 is 0 Å². The van der Waals surface area contributed by atoms with Gasteiger partial charge in [-0.1, -0.05) is 25.1 Å². The summed E-state index contributed by atoms with van der Waals surface area (Å²) < 4.78 is 1.77. The van der Waals surface area contributed by atoms with E-state index in [1.807, 2.05) is 37.4 Å². The topological polar surface area (TPSA) is 46.9 Å². The second kappa shape index (κ2) is 5.72. The van der Waals surface area contributed by atoms with Crippen molar-refractivity contribution >= 4 is 11.6 Å². The molecule has 1 aromatic carbocycles. The van der Waals surface area contributed by atoms with Gasteiger partial charge in [-0.2, -0.15) is 5.10 Å². The van der Waals surface area contributed by atoms with Crippen LogP contribution in [0.25, 0.3) is 0 Å². The molecule has 1 heterocycles. The smallest absolute Gasteiger partial charge is 0.246 e. The minimum Gasteiger partial charge on any atom is -0.324 e. The third-order valence-electron chi connectivity index (χ3n) is 4.09. The number of aryl methyl sites for hydroxylation is 2. The number of amides is 1. The van der Waals surface area contributed by atoms with E-state index in [2.05, 4.69) is 17.3 Å². The van der Waals surface area contributed by atoms with Crippen LogP contribution in [0, 0.1) is 12.8 Å². The van der Waals surface area contributed by atoms with Gasteiger partial charge < -0.3 is 5.32 Å². The van der Waals surface area contributed by atoms with E-state index in [0.29, 0.717) is 0 Å². The van der Waals surface area contributed by atoms with Crippen molar-refractivity contribution in [3.05, 3.63) is 47.3 Å². The number of aromatic nitrogens is 2. The molecule has 4 nitrogen and oxygen atoms in total. The zero-order valence-electron chi connectivity index (χ0n) is 12.6. The van der Waals surface area contributed by atoms with E-state index in [4.69, 9.17) is 0 Å². The Bertz CT molecular complexity index is 660. The molecule has 1 amide bonds. The van der Waals surface area contributed by atoms with E-state index in [9.17, 15) is 4.79 Å². The highest BCUT2D eigenvalue weighted by atomic mass is 16.2. The molecule has 2 aromatic rings. The SMILES string of the molecule is Cc1ccccc1NC(=O)Cn1cc2c(n1)CC[C@H](C)C2. The number of para-hydroxylation sites is 1. The number of benzene rings is 1. The van der Waals surface area contributed by atoms with Crippen LogP contribution in [0.5, 0.6) is 0 Å². The summed E-state index contributed by atoms with van der Waals surface area (Å²) in [4.78, 5) is 12.1. The van der Waals surface area contributed by atoms with Gasteiger partial charge in [0.2, 0.25) is 5.91 Å². The molecule has 1 aliphatic carbocycles. The minimum absolute atomic E-state index is 0.0304. The summed E-state index contributed by atoms with van der Waals surface area (Å²) >= 11 is 0. The van der Waals surface area contributed by atoms with Gasteiger partial charge in [-0.25, -0.2) is 0 Å². The van der Waals surface area contributed by atoms with Crippen LogP contribution in [0.15, 0.2) is 30.5 Å². The molecule has 1 atom stereocenters. The lowest BCUT2D eigenvalue weighted by atomic mass is 9.89. The zero-order valence-corrected chi connectivity index (χ0v) is 12.6. The lowest BCUT2D eigenvalue weighted by Gasteiger charge is -2.15. The van der Waals surface area contributed by atoms with E-state index in [-0.39, 0.29) is 12.5 Å². The summed E-state index contributed by atoms with van der Waals surface area (Å²) in [5.74, 6) is 0.688. The van der Waals surface area contributed by atoms with Crippen molar-refractivity contribution in [3.8, 4) is 0 Å². The average molecular weight is 283 g/mol. The van der Waals surface area contributed by atoms with Crippen LogP contribution in [0.4, 0.5) is 5.69 Å². The first-order chi connectivity index (χ1) is 10.1. The lowest BCUT2D eigenvalue weighted by Crippen LogP contribution is -2.19. The molecular weight excluding hydrogens is 262 g/mol. The van der Waals surface area contributed by atoms with Crippen molar-refractivity contribution in [1.29, 1.82) is 0 Å². The standard InChI is InChI=1S/C17H21N3O/c1-12-7-8-16-14(9-12)10-20(19-16)11-17(21)18-15-6-4-3-5-13(15)2/h3-6,10,12H,7-9,11H2,1-2H3,(H,18,21)/t12-/m0/s1. The molecule has 0 fully saturated rings. The molecule has 0 bridgehead atoms.